The number of benzene rings is 1. The van der Waals surface area contributed by atoms with Crippen LogP contribution in [-0.4, -0.2) is 34.4 Å². The first-order valence-electron chi connectivity index (χ1n) is 6.44. The summed E-state index contributed by atoms with van der Waals surface area (Å²) in [6, 6.07) is 4.35. The van der Waals surface area contributed by atoms with Gasteiger partial charge in [0.15, 0.2) is 0 Å². The van der Waals surface area contributed by atoms with Gasteiger partial charge in [0.1, 0.15) is 10.8 Å². The maximum atomic E-state index is 13.5. The highest BCUT2D eigenvalue weighted by Crippen LogP contribution is 2.22. The van der Waals surface area contributed by atoms with Crippen molar-refractivity contribution in [3.63, 3.8) is 0 Å². The largest absolute Gasteiger partial charge is 0.389 e. The van der Waals surface area contributed by atoms with E-state index in [1.807, 2.05) is 18.7 Å². The average molecular weight is 295 g/mol. The lowest BCUT2D eigenvalue weighted by molar-refractivity contribution is -0.135. The first-order chi connectivity index (χ1) is 9.32. The molecule has 1 saturated heterocycles. The third-order valence-electron chi connectivity index (χ3n) is 3.71. The third kappa shape index (κ3) is 2.81. The van der Waals surface area contributed by atoms with Crippen LogP contribution in [0.25, 0.3) is 0 Å². The summed E-state index contributed by atoms with van der Waals surface area (Å²) in [7, 11) is 0. The number of carbonyl (C=O) groups is 1. The predicted octanol–water partition coefficient (Wildman–Crippen LogP) is 1.17. The van der Waals surface area contributed by atoms with Gasteiger partial charge in [0.05, 0.1) is 5.54 Å². The molecular formula is C14H18FN3OS. The quantitative estimate of drug-likeness (QED) is 0.822. The number of thiocarbonyl (C=S) groups is 1. The van der Waals surface area contributed by atoms with E-state index in [0.717, 1.165) is 0 Å². The fraction of sp³-hybridized carbons (Fsp3) is 0.429. The number of hydrogen-bond acceptors (Lipinski definition) is 3. The smallest absolute Gasteiger partial charge is 0.240 e. The van der Waals surface area contributed by atoms with Gasteiger partial charge in [-0.1, -0.05) is 12.2 Å². The highest BCUT2D eigenvalue weighted by Gasteiger charge is 2.37. The number of nitrogens with one attached hydrogen (secondary N) is 1. The van der Waals surface area contributed by atoms with E-state index in [0.29, 0.717) is 30.8 Å². The van der Waals surface area contributed by atoms with E-state index in [4.69, 9.17) is 18.0 Å². The SMILES string of the molecule is CC1(C)C(=O)NCCN1Cc1cc(F)ccc1C(N)=S. The number of halogens is 1. The van der Waals surface area contributed by atoms with E-state index in [-0.39, 0.29) is 16.7 Å². The van der Waals surface area contributed by atoms with Crippen LogP contribution in [0.4, 0.5) is 4.39 Å². The van der Waals surface area contributed by atoms with Crippen LogP contribution in [0.3, 0.4) is 0 Å². The zero-order chi connectivity index (χ0) is 14.9. The maximum absolute atomic E-state index is 13.5. The van der Waals surface area contributed by atoms with Crippen LogP contribution in [0.5, 0.6) is 0 Å². The number of carbonyl (C=O) groups excluding carboxylic acids is 1. The van der Waals surface area contributed by atoms with Gasteiger partial charge in [-0.15, -0.1) is 0 Å². The van der Waals surface area contributed by atoms with Crippen molar-refractivity contribution < 1.29 is 9.18 Å². The van der Waals surface area contributed by atoms with E-state index in [2.05, 4.69) is 5.32 Å². The van der Waals surface area contributed by atoms with Gasteiger partial charge in [-0.25, -0.2) is 4.39 Å². The highest BCUT2D eigenvalue weighted by atomic mass is 32.1. The molecule has 1 fully saturated rings. The van der Waals surface area contributed by atoms with Gasteiger partial charge in [-0.05, 0) is 37.6 Å². The molecular weight excluding hydrogens is 277 g/mol. The first kappa shape index (κ1) is 14.9. The normalized spacial score (nSPS) is 18.6. The van der Waals surface area contributed by atoms with Crippen LogP contribution in [0.15, 0.2) is 18.2 Å². The molecule has 1 amide bonds. The van der Waals surface area contributed by atoms with Crippen LogP contribution in [0.2, 0.25) is 0 Å². The number of nitrogens with two attached hydrogens (primary N) is 1. The van der Waals surface area contributed by atoms with Crippen LogP contribution < -0.4 is 11.1 Å². The number of nitrogens with zero attached hydrogens (tertiary/aromatic N) is 1. The Balaban J connectivity index is 2.31. The molecule has 3 N–H and O–H groups in total. The molecule has 0 radical (unpaired) electrons. The summed E-state index contributed by atoms with van der Waals surface area (Å²) in [4.78, 5) is 14.2. The van der Waals surface area contributed by atoms with Gasteiger partial charge in [-0.2, -0.15) is 0 Å². The average Bonchev–Trinajstić information content (AvgIpc) is 2.35. The Bertz CT molecular complexity index is 559. The second-order valence-corrected chi connectivity index (χ2v) is 5.84. The van der Waals surface area contributed by atoms with Gasteiger partial charge in [0.2, 0.25) is 5.91 Å². The minimum absolute atomic E-state index is 0.0305. The summed E-state index contributed by atoms with van der Waals surface area (Å²) in [6.45, 7) is 5.42. The van der Waals surface area contributed by atoms with Crippen LogP contribution in [0, 0.1) is 5.82 Å². The minimum atomic E-state index is -0.641. The zero-order valence-electron chi connectivity index (χ0n) is 11.6. The number of rotatable bonds is 3. The molecule has 1 heterocycles. The lowest BCUT2D eigenvalue weighted by Crippen LogP contribution is -2.61. The molecule has 0 aliphatic carbocycles. The number of hydrogen-bond donors (Lipinski definition) is 2. The fourth-order valence-electron chi connectivity index (χ4n) is 2.36. The monoisotopic (exact) mass is 295 g/mol. The van der Waals surface area contributed by atoms with E-state index >= 15 is 0 Å². The zero-order valence-corrected chi connectivity index (χ0v) is 12.4. The van der Waals surface area contributed by atoms with Crippen molar-refractivity contribution in [1.82, 2.24) is 10.2 Å². The molecule has 0 atom stereocenters. The van der Waals surface area contributed by atoms with Crippen LogP contribution >= 0.6 is 12.2 Å². The van der Waals surface area contributed by atoms with Gasteiger partial charge in [0, 0.05) is 25.2 Å². The van der Waals surface area contributed by atoms with Crippen molar-refractivity contribution in [1.29, 1.82) is 0 Å². The molecule has 0 bridgehead atoms. The summed E-state index contributed by atoms with van der Waals surface area (Å²) in [5.74, 6) is -0.365. The summed E-state index contributed by atoms with van der Waals surface area (Å²) in [5, 5.41) is 2.83. The van der Waals surface area contributed by atoms with E-state index in [1.54, 1.807) is 6.07 Å². The van der Waals surface area contributed by atoms with Crippen molar-refractivity contribution in [3.8, 4) is 0 Å². The van der Waals surface area contributed by atoms with E-state index in [1.165, 1.54) is 12.1 Å². The van der Waals surface area contributed by atoms with Gasteiger partial charge >= 0.3 is 0 Å². The Morgan fingerprint density at radius 2 is 2.25 bits per heavy atom. The Morgan fingerprint density at radius 1 is 1.55 bits per heavy atom. The Morgan fingerprint density at radius 3 is 2.90 bits per heavy atom. The van der Waals surface area contributed by atoms with Gasteiger partial charge in [0.25, 0.3) is 0 Å². The lowest BCUT2D eigenvalue weighted by Gasteiger charge is -2.41. The van der Waals surface area contributed by atoms with Gasteiger partial charge < -0.3 is 11.1 Å². The maximum Gasteiger partial charge on any atom is 0.240 e. The number of amides is 1. The van der Waals surface area contributed by atoms with Crippen molar-refractivity contribution >= 4 is 23.1 Å². The predicted molar refractivity (Wildman–Crippen MR) is 79.8 cm³/mol. The molecule has 4 nitrogen and oxygen atoms in total. The molecule has 2 rings (SSSR count). The molecule has 0 aromatic heterocycles. The lowest BCUT2D eigenvalue weighted by atomic mass is 9.97. The summed E-state index contributed by atoms with van der Waals surface area (Å²) < 4.78 is 13.5. The first-order valence-corrected chi connectivity index (χ1v) is 6.85. The van der Waals surface area contributed by atoms with Crippen LogP contribution in [-0.2, 0) is 11.3 Å². The number of piperazine rings is 1. The van der Waals surface area contributed by atoms with Crippen molar-refractivity contribution in [3.05, 3.63) is 35.1 Å². The van der Waals surface area contributed by atoms with Crippen molar-refractivity contribution in [2.24, 2.45) is 5.73 Å². The van der Waals surface area contributed by atoms with Crippen molar-refractivity contribution in [2.45, 2.75) is 25.9 Å². The molecule has 6 heteroatoms. The van der Waals surface area contributed by atoms with Crippen LogP contribution in [0.1, 0.15) is 25.0 Å². The topological polar surface area (TPSA) is 58.4 Å². The Hall–Kier alpha value is -1.53. The minimum Gasteiger partial charge on any atom is -0.389 e. The molecule has 0 unspecified atom stereocenters. The van der Waals surface area contributed by atoms with E-state index < -0.39 is 5.54 Å². The highest BCUT2D eigenvalue weighted by molar-refractivity contribution is 7.80. The summed E-state index contributed by atoms with van der Waals surface area (Å²) in [5.41, 5.74) is 6.40. The molecule has 1 aromatic rings. The molecule has 1 aliphatic rings. The fourth-order valence-corrected chi connectivity index (χ4v) is 2.56. The third-order valence-corrected chi connectivity index (χ3v) is 3.93. The Labute approximate surface area is 123 Å². The molecule has 1 aromatic carbocycles. The molecule has 108 valence electrons. The second-order valence-electron chi connectivity index (χ2n) is 5.40. The van der Waals surface area contributed by atoms with E-state index in [9.17, 15) is 9.18 Å². The standard InChI is InChI=1S/C14H18FN3OS/c1-14(2)13(19)17-5-6-18(14)8-9-7-10(15)3-4-11(9)12(16)20/h3-4,7H,5-6,8H2,1-2H3,(H2,16,20)(H,17,19). The summed E-state index contributed by atoms with van der Waals surface area (Å²) in [6.07, 6.45) is 0. The molecule has 0 saturated carbocycles. The molecule has 1 aliphatic heterocycles. The summed E-state index contributed by atoms with van der Waals surface area (Å²) >= 11 is 5.00. The van der Waals surface area contributed by atoms with Gasteiger partial charge in [-0.3, -0.25) is 9.69 Å². The second kappa shape index (κ2) is 5.46. The molecule has 0 spiro atoms. The Kier molecular flexibility index (Phi) is 4.06. The molecule has 20 heavy (non-hydrogen) atoms. The van der Waals surface area contributed by atoms with Crippen molar-refractivity contribution in [2.75, 3.05) is 13.1 Å².